The van der Waals surface area contributed by atoms with Crippen LogP contribution >= 0.6 is 11.6 Å². The molecule has 1 N–H and O–H groups in total. The highest BCUT2D eigenvalue weighted by molar-refractivity contribution is 6.31. The first-order chi connectivity index (χ1) is 8.61. The highest BCUT2D eigenvalue weighted by Gasteiger charge is 2.44. The average molecular weight is 265 g/mol. The Morgan fingerprint density at radius 1 is 1.56 bits per heavy atom. The van der Waals surface area contributed by atoms with Crippen molar-refractivity contribution in [1.29, 1.82) is 5.26 Å². The van der Waals surface area contributed by atoms with Gasteiger partial charge in [-0.1, -0.05) is 11.6 Å². The fraction of sp³-hybridized carbons (Fsp3) is 0.385. The topological polar surface area (TPSA) is 62.1 Å². The lowest BCUT2D eigenvalue weighted by molar-refractivity contribution is -0.126. The minimum atomic E-state index is -0.882. The lowest BCUT2D eigenvalue weighted by atomic mass is 9.69. The van der Waals surface area contributed by atoms with Crippen LogP contribution < -0.4 is 10.1 Å². The zero-order valence-corrected chi connectivity index (χ0v) is 10.8. The molecular formula is C13H13ClN2O2. The molecule has 0 bridgehead atoms. The molecule has 0 spiro atoms. The lowest BCUT2D eigenvalue weighted by Crippen LogP contribution is -2.40. The number of nitrogens with one attached hydrogen (secondary N) is 1. The van der Waals surface area contributed by atoms with Crippen LogP contribution in [0, 0.1) is 16.7 Å². The van der Waals surface area contributed by atoms with Gasteiger partial charge in [0, 0.05) is 5.02 Å². The van der Waals surface area contributed by atoms with E-state index in [0.29, 0.717) is 29.3 Å². The second-order valence-corrected chi connectivity index (χ2v) is 4.78. The molecule has 0 radical (unpaired) electrons. The predicted octanol–water partition coefficient (Wildman–Crippen LogP) is 2.98. The van der Waals surface area contributed by atoms with Gasteiger partial charge in [-0.3, -0.25) is 4.79 Å². The Balaban J connectivity index is 2.21. The Hall–Kier alpha value is -1.73. The van der Waals surface area contributed by atoms with Gasteiger partial charge in [0.2, 0.25) is 5.91 Å². The molecule has 0 aromatic heterocycles. The Morgan fingerprint density at radius 3 is 2.78 bits per heavy atom. The number of carbonyl (C=O) groups is 1. The van der Waals surface area contributed by atoms with Gasteiger partial charge in [0.1, 0.15) is 11.2 Å². The second kappa shape index (κ2) is 4.87. The smallest absolute Gasteiger partial charge is 0.244 e. The number of carbonyl (C=O) groups excluding carboxylic acids is 1. The van der Waals surface area contributed by atoms with Crippen LogP contribution in [-0.2, 0) is 4.79 Å². The maximum absolute atomic E-state index is 12.1. The molecule has 5 heteroatoms. The fourth-order valence-corrected chi connectivity index (χ4v) is 2.11. The maximum Gasteiger partial charge on any atom is 0.244 e. The van der Waals surface area contributed by atoms with E-state index >= 15 is 0 Å². The van der Waals surface area contributed by atoms with Crippen molar-refractivity contribution in [3.8, 4) is 11.8 Å². The number of methoxy groups -OCH3 is 1. The number of anilines is 1. The summed E-state index contributed by atoms with van der Waals surface area (Å²) in [5.41, 5.74) is -0.385. The van der Waals surface area contributed by atoms with Crippen molar-refractivity contribution < 1.29 is 9.53 Å². The Kier molecular flexibility index (Phi) is 3.44. The van der Waals surface area contributed by atoms with Gasteiger partial charge >= 0.3 is 0 Å². The highest BCUT2D eigenvalue weighted by Crippen LogP contribution is 2.41. The molecule has 0 unspecified atom stereocenters. The van der Waals surface area contributed by atoms with Crippen LogP contribution in [0.2, 0.25) is 5.02 Å². The first-order valence-corrected chi connectivity index (χ1v) is 6.05. The molecule has 0 atom stereocenters. The first-order valence-electron chi connectivity index (χ1n) is 5.67. The van der Waals surface area contributed by atoms with Crippen molar-refractivity contribution in [3.05, 3.63) is 23.2 Å². The van der Waals surface area contributed by atoms with Crippen LogP contribution in [0.15, 0.2) is 18.2 Å². The van der Waals surface area contributed by atoms with Crippen LogP contribution in [0.5, 0.6) is 5.75 Å². The molecule has 1 aliphatic rings. The largest absolute Gasteiger partial charge is 0.495 e. The zero-order chi connectivity index (χ0) is 13.2. The van der Waals surface area contributed by atoms with Crippen molar-refractivity contribution in [1.82, 2.24) is 0 Å². The van der Waals surface area contributed by atoms with Gasteiger partial charge in [-0.2, -0.15) is 5.26 Å². The summed E-state index contributed by atoms with van der Waals surface area (Å²) in [5.74, 6) is 0.247. The van der Waals surface area contributed by atoms with Crippen LogP contribution in [0.3, 0.4) is 0 Å². The quantitative estimate of drug-likeness (QED) is 0.913. The van der Waals surface area contributed by atoms with Gasteiger partial charge in [0.25, 0.3) is 0 Å². The molecule has 0 heterocycles. The summed E-state index contributed by atoms with van der Waals surface area (Å²) in [5, 5.41) is 12.3. The van der Waals surface area contributed by atoms with Crippen LogP contribution in [0.25, 0.3) is 0 Å². The summed E-state index contributed by atoms with van der Waals surface area (Å²) < 4.78 is 5.14. The summed E-state index contributed by atoms with van der Waals surface area (Å²) in [6, 6.07) is 7.07. The summed E-state index contributed by atoms with van der Waals surface area (Å²) in [7, 11) is 1.52. The molecule has 1 aromatic carbocycles. The minimum Gasteiger partial charge on any atom is -0.495 e. The van der Waals surface area contributed by atoms with Gasteiger partial charge in [0.05, 0.1) is 18.9 Å². The number of amides is 1. The fourth-order valence-electron chi connectivity index (χ4n) is 1.94. The number of nitriles is 1. The summed E-state index contributed by atoms with van der Waals surface area (Å²) in [6.07, 6.45) is 2.13. The number of benzene rings is 1. The normalized spacial score (nSPS) is 16.3. The minimum absolute atomic E-state index is 0.281. The number of hydrogen-bond donors (Lipinski definition) is 1. The third-order valence-corrected chi connectivity index (χ3v) is 3.50. The number of halogens is 1. The van der Waals surface area contributed by atoms with E-state index in [1.54, 1.807) is 18.2 Å². The molecule has 0 aliphatic heterocycles. The Morgan fingerprint density at radius 2 is 2.28 bits per heavy atom. The van der Waals surface area contributed by atoms with E-state index in [2.05, 4.69) is 11.4 Å². The molecule has 0 saturated heterocycles. The number of ether oxygens (including phenoxy) is 1. The molecular weight excluding hydrogens is 252 g/mol. The Bertz CT molecular complexity index is 518. The average Bonchev–Trinajstić information content (AvgIpc) is 2.28. The third kappa shape index (κ3) is 2.14. The Labute approximate surface area is 111 Å². The van der Waals surface area contributed by atoms with Gasteiger partial charge < -0.3 is 10.1 Å². The molecule has 2 rings (SSSR count). The van der Waals surface area contributed by atoms with Crippen molar-refractivity contribution in [2.45, 2.75) is 19.3 Å². The zero-order valence-electron chi connectivity index (χ0n) is 10.00. The number of nitrogens with zero attached hydrogens (tertiary/aromatic N) is 1. The van der Waals surface area contributed by atoms with E-state index in [1.807, 2.05) is 0 Å². The van der Waals surface area contributed by atoms with Crippen LogP contribution in [0.1, 0.15) is 19.3 Å². The monoisotopic (exact) mass is 264 g/mol. The summed E-state index contributed by atoms with van der Waals surface area (Å²) >= 11 is 5.88. The van der Waals surface area contributed by atoms with E-state index in [0.717, 1.165) is 6.42 Å². The van der Waals surface area contributed by atoms with Crippen molar-refractivity contribution >= 4 is 23.2 Å². The SMILES string of the molecule is COc1ccc(Cl)cc1NC(=O)C1(C#N)CCC1. The van der Waals surface area contributed by atoms with E-state index in [4.69, 9.17) is 21.6 Å². The summed E-state index contributed by atoms with van der Waals surface area (Å²) in [6.45, 7) is 0. The second-order valence-electron chi connectivity index (χ2n) is 4.35. The van der Waals surface area contributed by atoms with Crippen LogP contribution in [-0.4, -0.2) is 13.0 Å². The van der Waals surface area contributed by atoms with Crippen LogP contribution in [0.4, 0.5) is 5.69 Å². The molecule has 1 amide bonds. The van der Waals surface area contributed by atoms with Gasteiger partial charge in [-0.05, 0) is 37.5 Å². The first kappa shape index (κ1) is 12.7. The van der Waals surface area contributed by atoms with E-state index in [-0.39, 0.29) is 5.91 Å². The maximum atomic E-state index is 12.1. The van der Waals surface area contributed by atoms with Crippen molar-refractivity contribution in [2.75, 3.05) is 12.4 Å². The van der Waals surface area contributed by atoms with Gasteiger partial charge in [-0.25, -0.2) is 0 Å². The van der Waals surface area contributed by atoms with Crippen molar-refractivity contribution in [3.63, 3.8) is 0 Å². The molecule has 18 heavy (non-hydrogen) atoms. The van der Waals surface area contributed by atoms with E-state index in [9.17, 15) is 4.79 Å². The lowest BCUT2D eigenvalue weighted by Gasteiger charge is -2.33. The van der Waals surface area contributed by atoms with Gasteiger partial charge in [0.15, 0.2) is 0 Å². The molecule has 4 nitrogen and oxygen atoms in total. The van der Waals surface area contributed by atoms with E-state index in [1.165, 1.54) is 7.11 Å². The molecule has 1 saturated carbocycles. The number of hydrogen-bond acceptors (Lipinski definition) is 3. The van der Waals surface area contributed by atoms with Crippen molar-refractivity contribution in [2.24, 2.45) is 5.41 Å². The highest BCUT2D eigenvalue weighted by atomic mass is 35.5. The third-order valence-electron chi connectivity index (χ3n) is 3.27. The predicted molar refractivity (Wildman–Crippen MR) is 68.5 cm³/mol. The summed E-state index contributed by atoms with van der Waals surface area (Å²) in [4.78, 5) is 12.1. The van der Waals surface area contributed by atoms with E-state index < -0.39 is 5.41 Å². The molecule has 94 valence electrons. The molecule has 1 aliphatic carbocycles. The standard InChI is InChI=1S/C13H13ClN2O2/c1-18-11-4-3-9(14)7-10(11)16-12(17)13(8-15)5-2-6-13/h3-4,7H,2,5-6H2,1H3,(H,16,17). The number of rotatable bonds is 3. The van der Waals surface area contributed by atoms with Gasteiger partial charge in [-0.15, -0.1) is 0 Å². The molecule has 1 fully saturated rings. The molecule has 1 aromatic rings.